The van der Waals surface area contributed by atoms with Crippen molar-refractivity contribution >= 4 is 25.0 Å². The molecule has 0 bridgehead atoms. The smallest absolute Gasteiger partial charge is 0.444 e. The summed E-state index contributed by atoms with van der Waals surface area (Å²) in [6, 6.07) is 18.1. The van der Waals surface area contributed by atoms with Gasteiger partial charge in [0.15, 0.2) is 0 Å². The molecule has 2 aromatic rings. The molecule has 1 heterocycles. The van der Waals surface area contributed by atoms with Crippen molar-refractivity contribution in [2.45, 2.75) is 70.5 Å². The molecule has 228 valence electrons. The summed E-state index contributed by atoms with van der Waals surface area (Å²) in [6.07, 6.45) is 1.00. The number of ether oxygens (including phenoxy) is 2. The van der Waals surface area contributed by atoms with Crippen LogP contribution in [-0.4, -0.2) is 95.3 Å². The Balaban J connectivity index is 1.83. The Bertz CT molecular complexity index is 1120. The second kappa shape index (κ2) is 16.3. The van der Waals surface area contributed by atoms with Crippen LogP contribution in [0.2, 0.25) is 0 Å². The Kier molecular flexibility index (Phi) is 12.8. The highest BCUT2D eigenvalue weighted by Crippen LogP contribution is 2.18. The van der Waals surface area contributed by atoms with Gasteiger partial charge in [-0.25, -0.2) is 4.79 Å². The van der Waals surface area contributed by atoms with E-state index >= 15 is 0 Å². The van der Waals surface area contributed by atoms with Crippen molar-refractivity contribution in [3.8, 4) is 0 Å². The maximum atomic E-state index is 13.9. The topological polar surface area (TPSA) is 129 Å². The van der Waals surface area contributed by atoms with Gasteiger partial charge in [-0.05, 0) is 57.6 Å². The summed E-state index contributed by atoms with van der Waals surface area (Å²) in [7, 11) is -1.82. The number of rotatable bonds is 13. The number of hydrogen-bond acceptors (Lipinski definition) is 7. The molecule has 0 aliphatic carbocycles. The maximum absolute atomic E-state index is 13.9. The van der Waals surface area contributed by atoms with Crippen molar-refractivity contribution in [1.82, 2.24) is 15.1 Å². The molecule has 0 saturated carbocycles. The van der Waals surface area contributed by atoms with E-state index in [9.17, 15) is 24.4 Å². The first-order valence-corrected chi connectivity index (χ1v) is 14.6. The molecule has 1 saturated heterocycles. The lowest BCUT2D eigenvalue weighted by Crippen LogP contribution is -2.57. The van der Waals surface area contributed by atoms with E-state index in [0.29, 0.717) is 52.0 Å². The van der Waals surface area contributed by atoms with Crippen LogP contribution in [0.4, 0.5) is 4.79 Å². The highest BCUT2D eigenvalue weighted by atomic mass is 16.6. The van der Waals surface area contributed by atoms with Crippen LogP contribution in [0.25, 0.3) is 0 Å². The third-order valence-corrected chi connectivity index (χ3v) is 7.03. The predicted octanol–water partition coefficient (Wildman–Crippen LogP) is 2.60. The molecule has 2 atom stereocenters. The van der Waals surface area contributed by atoms with E-state index in [1.165, 1.54) is 4.90 Å². The monoisotopic (exact) mass is 581 g/mol. The highest BCUT2D eigenvalue weighted by molar-refractivity contribution is 6.43. The molecule has 0 aromatic heterocycles. The molecular formula is C31H44BN3O7. The average Bonchev–Trinajstić information content (AvgIpc) is 2.96. The van der Waals surface area contributed by atoms with Gasteiger partial charge in [-0.2, -0.15) is 0 Å². The lowest BCUT2D eigenvalue weighted by Gasteiger charge is -2.35. The van der Waals surface area contributed by atoms with Gasteiger partial charge < -0.3 is 29.7 Å². The molecule has 3 amide bonds. The molecule has 1 aliphatic heterocycles. The molecule has 1 fully saturated rings. The SMILES string of the molecule is CC(C)(C)OC(=O)N(CCc1ccccc1)C(CC(=O)N1CCOCC1)C(=O)N[C@@H](CCCc1ccccc1)B(O)O. The van der Waals surface area contributed by atoms with Gasteiger partial charge in [0, 0.05) is 19.6 Å². The number of amides is 3. The first kappa shape index (κ1) is 33.1. The Morgan fingerprint density at radius 1 is 0.976 bits per heavy atom. The van der Waals surface area contributed by atoms with Crippen LogP contribution in [-0.2, 0) is 31.9 Å². The van der Waals surface area contributed by atoms with Crippen molar-refractivity contribution in [1.29, 1.82) is 0 Å². The van der Waals surface area contributed by atoms with E-state index < -0.39 is 36.7 Å². The molecule has 0 radical (unpaired) electrons. The molecule has 2 aromatic carbocycles. The number of nitrogens with one attached hydrogen (secondary N) is 1. The largest absolute Gasteiger partial charge is 0.475 e. The third kappa shape index (κ3) is 11.1. The summed E-state index contributed by atoms with van der Waals surface area (Å²) < 4.78 is 11.0. The standard InChI is InChI=1S/C31H44BN3O7/c1-31(2,3)42-30(38)35(18-17-25-13-8-5-9-14-25)26(23-28(36)34-19-21-41-22-20-34)29(37)33-27(32(39)40)16-10-15-24-11-6-4-7-12-24/h4-9,11-14,26-27,39-40H,10,15-23H2,1-3H3,(H,33,37)/t26?,27-/m0/s1. The zero-order chi connectivity index (χ0) is 30.5. The van der Waals surface area contributed by atoms with E-state index in [1.54, 1.807) is 25.7 Å². The van der Waals surface area contributed by atoms with Gasteiger partial charge in [-0.1, -0.05) is 60.7 Å². The van der Waals surface area contributed by atoms with E-state index in [1.807, 2.05) is 60.7 Å². The molecule has 11 heteroatoms. The molecule has 42 heavy (non-hydrogen) atoms. The number of nitrogens with zero attached hydrogens (tertiary/aromatic N) is 2. The number of aryl methyl sites for hydroxylation is 1. The zero-order valence-corrected chi connectivity index (χ0v) is 24.9. The van der Waals surface area contributed by atoms with Crippen molar-refractivity contribution in [2.75, 3.05) is 32.8 Å². The van der Waals surface area contributed by atoms with Crippen molar-refractivity contribution in [3.63, 3.8) is 0 Å². The third-order valence-electron chi connectivity index (χ3n) is 7.03. The number of hydrogen-bond donors (Lipinski definition) is 3. The minimum atomic E-state index is -1.82. The van der Waals surface area contributed by atoms with E-state index in [4.69, 9.17) is 9.47 Å². The maximum Gasteiger partial charge on any atom is 0.475 e. The van der Waals surface area contributed by atoms with Gasteiger partial charge in [0.2, 0.25) is 11.8 Å². The van der Waals surface area contributed by atoms with Crippen molar-refractivity contribution in [3.05, 3.63) is 71.8 Å². The molecule has 3 N–H and O–H groups in total. The summed E-state index contributed by atoms with van der Waals surface area (Å²) in [5, 5.41) is 23.0. The van der Waals surface area contributed by atoms with Gasteiger partial charge in [-0.3, -0.25) is 14.5 Å². The zero-order valence-electron chi connectivity index (χ0n) is 24.9. The first-order valence-electron chi connectivity index (χ1n) is 14.6. The summed E-state index contributed by atoms with van der Waals surface area (Å²) in [5.41, 5.74) is 1.22. The number of morpholine rings is 1. The van der Waals surface area contributed by atoms with Crippen LogP contribution in [0.15, 0.2) is 60.7 Å². The van der Waals surface area contributed by atoms with Crippen molar-refractivity contribution in [2.24, 2.45) is 0 Å². The van der Waals surface area contributed by atoms with Gasteiger partial charge in [0.05, 0.1) is 25.6 Å². The fraction of sp³-hybridized carbons (Fsp3) is 0.516. The van der Waals surface area contributed by atoms with Gasteiger partial charge >= 0.3 is 13.2 Å². The van der Waals surface area contributed by atoms with Crippen LogP contribution in [0.3, 0.4) is 0 Å². The predicted molar refractivity (Wildman–Crippen MR) is 160 cm³/mol. The molecule has 10 nitrogen and oxygen atoms in total. The fourth-order valence-corrected chi connectivity index (χ4v) is 4.79. The van der Waals surface area contributed by atoms with Crippen molar-refractivity contribution < 1.29 is 33.9 Å². The van der Waals surface area contributed by atoms with Gasteiger partial charge in [-0.15, -0.1) is 0 Å². The normalized spacial score (nSPS) is 14.9. The summed E-state index contributed by atoms with van der Waals surface area (Å²) in [4.78, 5) is 43.6. The minimum absolute atomic E-state index is 0.119. The Hall–Kier alpha value is -3.41. The minimum Gasteiger partial charge on any atom is -0.444 e. The lowest BCUT2D eigenvalue weighted by molar-refractivity contribution is -0.140. The second-order valence-corrected chi connectivity index (χ2v) is 11.5. The van der Waals surface area contributed by atoms with Crippen LogP contribution < -0.4 is 5.32 Å². The number of carbonyl (C=O) groups excluding carboxylic acids is 3. The van der Waals surface area contributed by atoms with Crippen LogP contribution in [0, 0.1) is 0 Å². The number of carbonyl (C=O) groups is 3. The van der Waals surface area contributed by atoms with Crippen LogP contribution >= 0.6 is 0 Å². The summed E-state index contributed by atoms with van der Waals surface area (Å²) >= 11 is 0. The van der Waals surface area contributed by atoms with E-state index in [-0.39, 0.29) is 18.9 Å². The molecule has 3 rings (SSSR count). The van der Waals surface area contributed by atoms with E-state index in [2.05, 4.69) is 5.32 Å². The van der Waals surface area contributed by atoms with Crippen LogP contribution in [0.1, 0.15) is 51.2 Å². The molecule has 0 spiro atoms. The fourth-order valence-electron chi connectivity index (χ4n) is 4.79. The number of benzene rings is 2. The first-order chi connectivity index (χ1) is 20.0. The Morgan fingerprint density at radius 2 is 1.55 bits per heavy atom. The molecule has 1 unspecified atom stereocenters. The second-order valence-electron chi connectivity index (χ2n) is 11.5. The Labute approximate surface area is 249 Å². The summed E-state index contributed by atoms with van der Waals surface area (Å²) in [5.74, 6) is -1.93. The molecular weight excluding hydrogens is 537 g/mol. The van der Waals surface area contributed by atoms with Gasteiger partial charge in [0.1, 0.15) is 11.6 Å². The lowest BCUT2D eigenvalue weighted by atomic mass is 9.76. The Morgan fingerprint density at radius 3 is 2.10 bits per heavy atom. The summed E-state index contributed by atoms with van der Waals surface area (Å²) in [6.45, 7) is 6.90. The van der Waals surface area contributed by atoms with Gasteiger partial charge in [0.25, 0.3) is 0 Å². The molecule has 1 aliphatic rings. The quantitative estimate of drug-likeness (QED) is 0.310. The van der Waals surface area contributed by atoms with Crippen LogP contribution in [0.5, 0.6) is 0 Å². The van der Waals surface area contributed by atoms with E-state index in [0.717, 1.165) is 11.1 Å². The average molecular weight is 582 g/mol. The highest BCUT2D eigenvalue weighted by Gasteiger charge is 2.38.